The van der Waals surface area contributed by atoms with Gasteiger partial charge in [-0.1, -0.05) is 0 Å². The molecule has 1 atom stereocenters. The number of nitrogens with one attached hydrogen (secondary N) is 2. The van der Waals surface area contributed by atoms with Crippen LogP contribution in [0.5, 0.6) is 0 Å². The van der Waals surface area contributed by atoms with Crippen molar-refractivity contribution in [3.05, 3.63) is 0 Å². The molecule has 1 saturated heterocycles. The Bertz CT molecular complexity index is 232. The Hall–Kier alpha value is -0.690. The molecule has 6 nitrogen and oxygen atoms in total. The molecule has 6 heteroatoms. The second kappa shape index (κ2) is 9.27. The van der Waals surface area contributed by atoms with Crippen molar-refractivity contribution < 1.29 is 19.0 Å². The van der Waals surface area contributed by atoms with Gasteiger partial charge in [0, 0.05) is 40.0 Å². The Labute approximate surface area is 108 Å². The largest absolute Gasteiger partial charge is 0.382 e. The molecule has 0 saturated carbocycles. The van der Waals surface area contributed by atoms with Crippen molar-refractivity contribution >= 4 is 5.91 Å². The first kappa shape index (κ1) is 15.4. The molecule has 1 unspecified atom stereocenters. The lowest BCUT2D eigenvalue weighted by molar-refractivity contribution is -0.121. The molecule has 1 heterocycles. The van der Waals surface area contributed by atoms with Crippen LogP contribution in [0, 0.1) is 0 Å². The zero-order valence-corrected chi connectivity index (χ0v) is 11.2. The normalized spacial score (nSPS) is 18.6. The minimum absolute atomic E-state index is 0.0223. The van der Waals surface area contributed by atoms with Crippen LogP contribution < -0.4 is 10.6 Å². The number of ether oxygens (including phenoxy) is 3. The number of carbonyl (C=O) groups is 1. The molecule has 1 aliphatic heterocycles. The van der Waals surface area contributed by atoms with E-state index in [4.69, 9.17) is 14.2 Å². The number of hydrogen-bond acceptors (Lipinski definition) is 5. The summed E-state index contributed by atoms with van der Waals surface area (Å²) in [4.78, 5) is 11.7. The highest BCUT2D eigenvalue weighted by Gasteiger charge is 2.16. The van der Waals surface area contributed by atoms with Gasteiger partial charge in [0.1, 0.15) is 0 Å². The standard InChI is InChI=1S/C12H24N2O4/c1-16-9-11(17-2)7-13-8-12(15)14-10-3-5-18-6-4-10/h10-11,13H,3-9H2,1-2H3,(H,14,15). The zero-order chi connectivity index (χ0) is 13.2. The molecule has 106 valence electrons. The molecule has 1 fully saturated rings. The summed E-state index contributed by atoms with van der Waals surface area (Å²) < 4.78 is 15.4. The van der Waals surface area contributed by atoms with Crippen LogP contribution in [0.3, 0.4) is 0 Å². The maximum atomic E-state index is 11.7. The fraction of sp³-hybridized carbons (Fsp3) is 0.917. The zero-order valence-electron chi connectivity index (χ0n) is 11.2. The highest BCUT2D eigenvalue weighted by atomic mass is 16.5. The van der Waals surface area contributed by atoms with Gasteiger partial charge in [-0.3, -0.25) is 4.79 Å². The third-order valence-corrected chi connectivity index (χ3v) is 2.93. The molecule has 2 N–H and O–H groups in total. The van der Waals surface area contributed by atoms with Gasteiger partial charge in [0.05, 0.1) is 19.3 Å². The molecule has 0 aliphatic carbocycles. The van der Waals surface area contributed by atoms with E-state index in [0.717, 1.165) is 26.1 Å². The summed E-state index contributed by atoms with van der Waals surface area (Å²) in [5.41, 5.74) is 0. The van der Waals surface area contributed by atoms with Crippen LogP contribution in [-0.2, 0) is 19.0 Å². The molecule has 0 bridgehead atoms. The topological polar surface area (TPSA) is 68.8 Å². The number of methoxy groups -OCH3 is 2. The van der Waals surface area contributed by atoms with E-state index in [1.54, 1.807) is 14.2 Å². The van der Waals surface area contributed by atoms with Gasteiger partial charge in [0.15, 0.2) is 0 Å². The Morgan fingerprint density at radius 1 is 1.39 bits per heavy atom. The summed E-state index contributed by atoms with van der Waals surface area (Å²) in [5.74, 6) is 0.0224. The molecule has 0 spiro atoms. The summed E-state index contributed by atoms with van der Waals surface area (Å²) in [5, 5.41) is 6.05. The van der Waals surface area contributed by atoms with E-state index in [2.05, 4.69) is 10.6 Å². The predicted molar refractivity (Wildman–Crippen MR) is 67.5 cm³/mol. The Morgan fingerprint density at radius 3 is 2.72 bits per heavy atom. The fourth-order valence-electron chi connectivity index (χ4n) is 1.86. The lowest BCUT2D eigenvalue weighted by Gasteiger charge is -2.23. The van der Waals surface area contributed by atoms with Crippen LogP contribution in [0.15, 0.2) is 0 Å². The van der Waals surface area contributed by atoms with Crippen LogP contribution in [-0.4, -0.2) is 65.2 Å². The van der Waals surface area contributed by atoms with Crippen molar-refractivity contribution in [1.82, 2.24) is 10.6 Å². The lowest BCUT2D eigenvalue weighted by Crippen LogP contribution is -2.44. The van der Waals surface area contributed by atoms with Crippen molar-refractivity contribution in [3.63, 3.8) is 0 Å². The van der Waals surface area contributed by atoms with E-state index in [-0.39, 0.29) is 18.1 Å². The SMILES string of the molecule is COCC(CNCC(=O)NC1CCOCC1)OC. The molecule has 18 heavy (non-hydrogen) atoms. The second-order valence-electron chi connectivity index (χ2n) is 4.40. The minimum Gasteiger partial charge on any atom is -0.382 e. The first-order valence-electron chi connectivity index (χ1n) is 6.35. The summed E-state index contributed by atoms with van der Waals surface area (Å²) in [6.07, 6.45) is 1.78. The fourth-order valence-corrected chi connectivity index (χ4v) is 1.86. The van der Waals surface area contributed by atoms with Gasteiger partial charge in [-0.25, -0.2) is 0 Å². The van der Waals surface area contributed by atoms with Crippen LogP contribution in [0.4, 0.5) is 0 Å². The minimum atomic E-state index is -0.0223. The van der Waals surface area contributed by atoms with Crippen molar-refractivity contribution in [1.29, 1.82) is 0 Å². The number of carbonyl (C=O) groups excluding carboxylic acids is 1. The molecule has 0 radical (unpaired) electrons. The van der Waals surface area contributed by atoms with E-state index in [0.29, 0.717) is 19.7 Å². The van der Waals surface area contributed by atoms with Crippen LogP contribution in [0.25, 0.3) is 0 Å². The van der Waals surface area contributed by atoms with Gasteiger partial charge in [-0.2, -0.15) is 0 Å². The number of hydrogen-bond donors (Lipinski definition) is 2. The molecular weight excluding hydrogens is 236 g/mol. The van der Waals surface area contributed by atoms with Crippen molar-refractivity contribution in [2.45, 2.75) is 25.0 Å². The average molecular weight is 260 g/mol. The van der Waals surface area contributed by atoms with Crippen molar-refractivity contribution in [2.75, 3.05) is 47.1 Å². The first-order chi connectivity index (χ1) is 8.76. The quantitative estimate of drug-likeness (QED) is 0.618. The maximum absolute atomic E-state index is 11.7. The van der Waals surface area contributed by atoms with Crippen LogP contribution in [0.2, 0.25) is 0 Å². The van der Waals surface area contributed by atoms with Crippen molar-refractivity contribution in [2.24, 2.45) is 0 Å². The average Bonchev–Trinajstić information content (AvgIpc) is 2.39. The van der Waals surface area contributed by atoms with Gasteiger partial charge in [-0.05, 0) is 12.8 Å². The molecule has 1 rings (SSSR count). The number of amides is 1. The third-order valence-electron chi connectivity index (χ3n) is 2.93. The predicted octanol–water partition coefficient (Wildman–Crippen LogP) is -0.467. The van der Waals surface area contributed by atoms with Crippen LogP contribution in [0.1, 0.15) is 12.8 Å². The van der Waals surface area contributed by atoms with Gasteiger partial charge in [0.25, 0.3) is 0 Å². The molecule has 0 aromatic rings. The summed E-state index contributed by atoms with van der Waals surface area (Å²) in [7, 11) is 3.26. The van der Waals surface area contributed by atoms with E-state index >= 15 is 0 Å². The highest BCUT2D eigenvalue weighted by molar-refractivity contribution is 5.78. The number of rotatable bonds is 8. The Balaban J connectivity index is 2.08. The molecule has 0 aromatic heterocycles. The van der Waals surface area contributed by atoms with Gasteiger partial charge in [0.2, 0.25) is 5.91 Å². The maximum Gasteiger partial charge on any atom is 0.234 e. The van der Waals surface area contributed by atoms with E-state index in [9.17, 15) is 4.79 Å². The Kier molecular flexibility index (Phi) is 7.91. The summed E-state index contributed by atoms with van der Waals surface area (Å²) in [6.45, 7) is 2.90. The summed E-state index contributed by atoms with van der Waals surface area (Å²) in [6, 6.07) is 0.255. The van der Waals surface area contributed by atoms with Gasteiger partial charge in [-0.15, -0.1) is 0 Å². The highest BCUT2D eigenvalue weighted by Crippen LogP contribution is 2.05. The van der Waals surface area contributed by atoms with E-state index in [1.807, 2.05) is 0 Å². The van der Waals surface area contributed by atoms with Crippen molar-refractivity contribution in [3.8, 4) is 0 Å². The molecule has 1 aliphatic rings. The lowest BCUT2D eigenvalue weighted by atomic mass is 10.1. The van der Waals surface area contributed by atoms with E-state index in [1.165, 1.54) is 0 Å². The smallest absolute Gasteiger partial charge is 0.234 e. The van der Waals surface area contributed by atoms with Crippen LogP contribution >= 0.6 is 0 Å². The Morgan fingerprint density at radius 2 is 2.11 bits per heavy atom. The molecule has 1 amide bonds. The summed E-state index contributed by atoms with van der Waals surface area (Å²) >= 11 is 0. The first-order valence-corrected chi connectivity index (χ1v) is 6.35. The van der Waals surface area contributed by atoms with Gasteiger partial charge < -0.3 is 24.8 Å². The van der Waals surface area contributed by atoms with E-state index < -0.39 is 0 Å². The molecular formula is C12H24N2O4. The second-order valence-corrected chi connectivity index (χ2v) is 4.40. The van der Waals surface area contributed by atoms with Gasteiger partial charge >= 0.3 is 0 Å². The molecule has 0 aromatic carbocycles. The monoisotopic (exact) mass is 260 g/mol. The third kappa shape index (κ3) is 6.30.